The van der Waals surface area contributed by atoms with E-state index in [4.69, 9.17) is 4.98 Å². The molecular weight excluding hydrogens is 290 g/mol. The summed E-state index contributed by atoms with van der Waals surface area (Å²) in [5.74, 6) is 1.83. The summed E-state index contributed by atoms with van der Waals surface area (Å²) in [7, 11) is 0. The lowest BCUT2D eigenvalue weighted by molar-refractivity contribution is 0.445. The van der Waals surface area contributed by atoms with Crippen molar-refractivity contribution >= 4 is 32.8 Å². The Morgan fingerprint density at radius 1 is 1.17 bits per heavy atom. The van der Waals surface area contributed by atoms with Crippen molar-refractivity contribution in [3.05, 3.63) is 30.5 Å². The van der Waals surface area contributed by atoms with Crippen LogP contribution in [0.5, 0.6) is 0 Å². The number of rotatable bonds is 2. The monoisotopic (exact) mass is 305 g/mol. The highest BCUT2D eigenvalue weighted by molar-refractivity contribution is 9.09. The first-order valence-electron chi connectivity index (χ1n) is 6.39. The predicted octanol–water partition coefficient (Wildman–Crippen LogP) is 3.24. The van der Waals surface area contributed by atoms with Crippen molar-refractivity contribution in [1.82, 2.24) is 9.97 Å². The molecule has 0 atom stereocenters. The lowest BCUT2D eigenvalue weighted by Crippen LogP contribution is -2.34. The summed E-state index contributed by atoms with van der Waals surface area (Å²) in [6, 6.07) is 8.04. The number of para-hydroxylation sites is 2. The average Bonchev–Trinajstić information content (AvgIpc) is 2.47. The van der Waals surface area contributed by atoms with Gasteiger partial charge in [0.05, 0.1) is 17.2 Å². The van der Waals surface area contributed by atoms with Gasteiger partial charge in [0, 0.05) is 18.4 Å². The molecule has 18 heavy (non-hydrogen) atoms. The van der Waals surface area contributed by atoms with E-state index in [0.29, 0.717) is 0 Å². The molecule has 1 aliphatic heterocycles. The number of aromatic nitrogens is 2. The summed E-state index contributed by atoms with van der Waals surface area (Å²) in [4.78, 5) is 11.5. The molecule has 3 nitrogen and oxygen atoms in total. The molecule has 1 aromatic carbocycles. The zero-order chi connectivity index (χ0) is 12.4. The van der Waals surface area contributed by atoms with Crippen LogP contribution in [0.3, 0.4) is 0 Å². The third-order valence-electron chi connectivity index (χ3n) is 3.59. The Bertz CT molecular complexity index is 535. The van der Waals surface area contributed by atoms with Crippen molar-refractivity contribution in [2.75, 3.05) is 23.3 Å². The van der Waals surface area contributed by atoms with Gasteiger partial charge in [0.1, 0.15) is 5.82 Å². The fraction of sp³-hybridized carbons (Fsp3) is 0.429. The Hall–Kier alpha value is -1.16. The number of halogens is 1. The van der Waals surface area contributed by atoms with E-state index in [1.165, 1.54) is 12.8 Å². The molecule has 94 valence electrons. The zero-order valence-electron chi connectivity index (χ0n) is 10.2. The first-order chi connectivity index (χ1) is 8.86. The van der Waals surface area contributed by atoms with Gasteiger partial charge in [-0.15, -0.1) is 0 Å². The zero-order valence-corrected chi connectivity index (χ0v) is 11.8. The van der Waals surface area contributed by atoms with Crippen molar-refractivity contribution in [2.45, 2.75) is 12.8 Å². The van der Waals surface area contributed by atoms with Gasteiger partial charge in [0.15, 0.2) is 0 Å². The fourth-order valence-electron chi connectivity index (χ4n) is 2.42. The van der Waals surface area contributed by atoms with Gasteiger partial charge in [0.25, 0.3) is 0 Å². The van der Waals surface area contributed by atoms with Gasteiger partial charge in [0.2, 0.25) is 0 Å². The van der Waals surface area contributed by atoms with Crippen molar-refractivity contribution < 1.29 is 0 Å². The maximum absolute atomic E-state index is 4.70. The number of hydrogen-bond donors (Lipinski definition) is 0. The minimum absolute atomic E-state index is 0.815. The molecule has 2 aromatic rings. The normalized spacial score (nSPS) is 17.3. The maximum Gasteiger partial charge on any atom is 0.147 e. The Balaban J connectivity index is 1.82. The van der Waals surface area contributed by atoms with Crippen molar-refractivity contribution in [1.29, 1.82) is 0 Å². The first-order valence-corrected chi connectivity index (χ1v) is 7.51. The number of piperidine rings is 1. The Morgan fingerprint density at radius 2 is 1.89 bits per heavy atom. The summed E-state index contributed by atoms with van der Waals surface area (Å²) < 4.78 is 0. The first kappa shape index (κ1) is 11.9. The molecule has 1 aliphatic rings. The summed E-state index contributed by atoms with van der Waals surface area (Å²) in [5.41, 5.74) is 1.95. The maximum atomic E-state index is 4.70. The molecule has 3 rings (SSSR count). The largest absolute Gasteiger partial charge is 0.355 e. The fourth-order valence-corrected chi connectivity index (χ4v) is 3.06. The second kappa shape index (κ2) is 5.22. The lowest BCUT2D eigenvalue weighted by Gasteiger charge is -2.31. The van der Waals surface area contributed by atoms with Crippen LogP contribution in [0, 0.1) is 5.92 Å². The van der Waals surface area contributed by atoms with Crippen molar-refractivity contribution in [2.24, 2.45) is 5.92 Å². The molecule has 0 amide bonds. The van der Waals surface area contributed by atoms with Crippen LogP contribution >= 0.6 is 15.9 Å². The standard InChI is InChI=1S/C14H16BrN3/c15-9-11-5-7-18(8-6-11)14-10-16-12-3-1-2-4-13(12)17-14/h1-4,10-11H,5-9H2. The van der Waals surface area contributed by atoms with Crippen LogP contribution in [0.15, 0.2) is 30.5 Å². The van der Waals surface area contributed by atoms with E-state index in [-0.39, 0.29) is 0 Å². The van der Waals surface area contributed by atoms with E-state index in [0.717, 1.165) is 41.2 Å². The number of nitrogens with zero attached hydrogens (tertiary/aromatic N) is 3. The highest BCUT2D eigenvalue weighted by Crippen LogP contribution is 2.23. The van der Waals surface area contributed by atoms with E-state index in [9.17, 15) is 0 Å². The number of benzene rings is 1. The predicted molar refractivity (Wildman–Crippen MR) is 78.3 cm³/mol. The van der Waals surface area contributed by atoms with Gasteiger partial charge in [-0.05, 0) is 30.9 Å². The van der Waals surface area contributed by atoms with Gasteiger partial charge in [-0.1, -0.05) is 28.1 Å². The smallest absolute Gasteiger partial charge is 0.147 e. The molecular formula is C14H16BrN3. The minimum atomic E-state index is 0.815. The Morgan fingerprint density at radius 3 is 2.61 bits per heavy atom. The molecule has 0 radical (unpaired) electrons. The molecule has 0 saturated carbocycles. The van der Waals surface area contributed by atoms with E-state index in [1.54, 1.807) is 0 Å². The van der Waals surface area contributed by atoms with Crippen LogP contribution in [0.2, 0.25) is 0 Å². The lowest BCUT2D eigenvalue weighted by atomic mass is 9.99. The molecule has 0 aliphatic carbocycles. The average molecular weight is 306 g/mol. The van der Waals surface area contributed by atoms with Crippen molar-refractivity contribution in [3.8, 4) is 0 Å². The highest BCUT2D eigenvalue weighted by atomic mass is 79.9. The molecule has 0 spiro atoms. The van der Waals surface area contributed by atoms with Gasteiger partial charge < -0.3 is 4.90 Å². The summed E-state index contributed by atoms with van der Waals surface area (Å²) in [6.07, 6.45) is 4.37. The minimum Gasteiger partial charge on any atom is -0.355 e. The number of anilines is 1. The second-order valence-electron chi connectivity index (χ2n) is 4.80. The Kier molecular flexibility index (Phi) is 3.46. The van der Waals surface area contributed by atoms with Crippen LogP contribution in [0.1, 0.15) is 12.8 Å². The summed E-state index contributed by atoms with van der Waals surface area (Å²) in [6.45, 7) is 2.17. The van der Waals surface area contributed by atoms with E-state index >= 15 is 0 Å². The molecule has 1 fully saturated rings. The van der Waals surface area contributed by atoms with Crippen LogP contribution in [-0.4, -0.2) is 28.4 Å². The number of hydrogen-bond acceptors (Lipinski definition) is 3. The third kappa shape index (κ3) is 2.34. The molecule has 0 N–H and O–H groups in total. The van der Waals surface area contributed by atoms with Crippen LogP contribution in [-0.2, 0) is 0 Å². The molecule has 0 bridgehead atoms. The van der Waals surface area contributed by atoms with E-state index in [1.807, 2.05) is 30.5 Å². The van der Waals surface area contributed by atoms with Crippen LogP contribution in [0.4, 0.5) is 5.82 Å². The summed E-state index contributed by atoms with van der Waals surface area (Å²) in [5, 5.41) is 1.12. The summed E-state index contributed by atoms with van der Waals surface area (Å²) >= 11 is 3.57. The van der Waals surface area contributed by atoms with Crippen molar-refractivity contribution in [3.63, 3.8) is 0 Å². The van der Waals surface area contributed by atoms with E-state index < -0.39 is 0 Å². The van der Waals surface area contributed by atoms with Gasteiger partial charge in [-0.3, -0.25) is 4.98 Å². The van der Waals surface area contributed by atoms with Gasteiger partial charge in [-0.2, -0.15) is 0 Å². The van der Waals surface area contributed by atoms with Crippen LogP contribution < -0.4 is 4.90 Å². The molecule has 1 aromatic heterocycles. The Labute approximate surface area is 115 Å². The highest BCUT2D eigenvalue weighted by Gasteiger charge is 2.19. The number of alkyl halides is 1. The topological polar surface area (TPSA) is 29.0 Å². The van der Waals surface area contributed by atoms with Gasteiger partial charge >= 0.3 is 0 Å². The second-order valence-corrected chi connectivity index (χ2v) is 5.45. The molecule has 1 saturated heterocycles. The molecule has 4 heteroatoms. The quantitative estimate of drug-likeness (QED) is 0.798. The van der Waals surface area contributed by atoms with Crippen LogP contribution in [0.25, 0.3) is 11.0 Å². The SMILES string of the molecule is BrCC1CCN(c2cnc3ccccc3n2)CC1. The third-order valence-corrected chi connectivity index (χ3v) is 4.51. The van der Waals surface area contributed by atoms with Gasteiger partial charge in [-0.25, -0.2) is 4.98 Å². The molecule has 0 unspecified atom stereocenters. The number of fused-ring (bicyclic) bond motifs is 1. The molecule has 2 heterocycles. The van der Waals surface area contributed by atoms with E-state index in [2.05, 4.69) is 25.8 Å².